The molecule has 0 aromatic carbocycles. The average Bonchev–Trinajstić information content (AvgIpc) is 2.02. The van der Waals surface area contributed by atoms with E-state index < -0.39 is 0 Å². The Bertz CT molecular complexity index is 112. The first-order valence-corrected chi connectivity index (χ1v) is 4.67. The molecule has 0 spiro atoms. The van der Waals surface area contributed by atoms with Crippen molar-refractivity contribution >= 4 is 0 Å². The Labute approximate surface area is 76.3 Å². The molecule has 0 aromatic heterocycles. The fourth-order valence-electron chi connectivity index (χ4n) is 1.02. The molecule has 0 radical (unpaired) electrons. The van der Waals surface area contributed by atoms with E-state index in [4.69, 9.17) is 9.47 Å². The highest BCUT2D eigenvalue weighted by Crippen LogP contribution is 2.18. The van der Waals surface area contributed by atoms with Gasteiger partial charge in [-0.2, -0.15) is 0 Å². The number of rotatable bonds is 5. The maximum absolute atomic E-state index is 5.60. The minimum atomic E-state index is -0.0961. The van der Waals surface area contributed by atoms with Gasteiger partial charge < -0.3 is 9.47 Å². The van der Waals surface area contributed by atoms with Gasteiger partial charge in [0.1, 0.15) is 0 Å². The van der Waals surface area contributed by atoms with Gasteiger partial charge in [-0.25, -0.2) is 0 Å². The lowest BCUT2D eigenvalue weighted by atomic mass is 9.93. The van der Waals surface area contributed by atoms with Crippen LogP contribution in [-0.4, -0.2) is 19.5 Å². The number of methoxy groups -OCH3 is 1. The molecular formula is C10H22O2. The SMILES string of the molecule is COC(C)OC(C)C(C)C(C)C. The summed E-state index contributed by atoms with van der Waals surface area (Å²) in [4.78, 5) is 0. The van der Waals surface area contributed by atoms with E-state index in [-0.39, 0.29) is 12.4 Å². The van der Waals surface area contributed by atoms with Crippen molar-refractivity contribution in [3.8, 4) is 0 Å². The van der Waals surface area contributed by atoms with Gasteiger partial charge in [0.25, 0.3) is 0 Å². The van der Waals surface area contributed by atoms with E-state index in [1.807, 2.05) is 6.92 Å². The molecule has 0 rings (SSSR count). The lowest BCUT2D eigenvalue weighted by Gasteiger charge is -2.26. The quantitative estimate of drug-likeness (QED) is 0.597. The Morgan fingerprint density at radius 1 is 0.917 bits per heavy atom. The van der Waals surface area contributed by atoms with Gasteiger partial charge in [0.15, 0.2) is 6.29 Å². The molecule has 3 unspecified atom stereocenters. The van der Waals surface area contributed by atoms with Crippen LogP contribution >= 0.6 is 0 Å². The van der Waals surface area contributed by atoms with Gasteiger partial charge in [-0.1, -0.05) is 20.8 Å². The standard InChI is InChI=1S/C10H22O2/c1-7(2)8(3)9(4)12-10(5)11-6/h7-10H,1-6H3. The van der Waals surface area contributed by atoms with Crippen LogP contribution in [0.4, 0.5) is 0 Å². The molecule has 0 N–H and O–H groups in total. The van der Waals surface area contributed by atoms with Gasteiger partial charge in [0, 0.05) is 7.11 Å². The topological polar surface area (TPSA) is 18.5 Å². The van der Waals surface area contributed by atoms with Crippen LogP contribution < -0.4 is 0 Å². The van der Waals surface area contributed by atoms with Crippen LogP contribution in [0, 0.1) is 11.8 Å². The van der Waals surface area contributed by atoms with Crippen molar-refractivity contribution in [1.82, 2.24) is 0 Å². The van der Waals surface area contributed by atoms with E-state index in [9.17, 15) is 0 Å². The summed E-state index contributed by atoms with van der Waals surface area (Å²) in [7, 11) is 1.66. The van der Waals surface area contributed by atoms with Crippen molar-refractivity contribution < 1.29 is 9.47 Å². The van der Waals surface area contributed by atoms with Crippen molar-refractivity contribution in [1.29, 1.82) is 0 Å². The summed E-state index contributed by atoms with van der Waals surface area (Å²) in [5.74, 6) is 1.23. The fraction of sp³-hybridized carbons (Fsp3) is 1.00. The summed E-state index contributed by atoms with van der Waals surface area (Å²) in [5.41, 5.74) is 0. The zero-order valence-corrected chi connectivity index (χ0v) is 9.13. The molecule has 2 nitrogen and oxygen atoms in total. The normalized spacial score (nSPS) is 19.2. The number of hydrogen-bond donors (Lipinski definition) is 0. The molecule has 0 aliphatic rings. The Hall–Kier alpha value is -0.0800. The smallest absolute Gasteiger partial charge is 0.154 e. The second kappa shape index (κ2) is 5.55. The Morgan fingerprint density at radius 2 is 1.42 bits per heavy atom. The Morgan fingerprint density at radius 3 is 1.75 bits per heavy atom. The van der Waals surface area contributed by atoms with Crippen LogP contribution in [0.25, 0.3) is 0 Å². The molecule has 0 aliphatic heterocycles. The van der Waals surface area contributed by atoms with Crippen LogP contribution in [0.3, 0.4) is 0 Å². The monoisotopic (exact) mass is 174 g/mol. The summed E-state index contributed by atoms with van der Waals surface area (Å²) in [6, 6.07) is 0. The molecule has 0 saturated heterocycles. The van der Waals surface area contributed by atoms with E-state index >= 15 is 0 Å². The van der Waals surface area contributed by atoms with Crippen molar-refractivity contribution in [2.45, 2.75) is 47.0 Å². The molecule has 0 amide bonds. The van der Waals surface area contributed by atoms with Gasteiger partial charge in [0.05, 0.1) is 6.10 Å². The van der Waals surface area contributed by atoms with Gasteiger partial charge in [-0.3, -0.25) is 0 Å². The maximum atomic E-state index is 5.60. The van der Waals surface area contributed by atoms with Gasteiger partial charge >= 0.3 is 0 Å². The van der Waals surface area contributed by atoms with Gasteiger partial charge in [0.2, 0.25) is 0 Å². The predicted octanol–water partition coefficient (Wildman–Crippen LogP) is 2.68. The largest absolute Gasteiger partial charge is 0.356 e. The molecule has 2 heteroatoms. The van der Waals surface area contributed by atoms with Crippen molar-refractivity contribution in [2.75, 3.05) is 7.11 Å². The van der Waals surface area contributed by atoms with E-state index in [0.717, 1.165) is 0 Å². The molecule has 0 bridgehead atoms. The molecule has 0 heterocycles. The highest BCUT2D eigenvalue weighted by atomic mass is 16.7. The van der Waals surface area contributed by atoms with Crippen molar-refractivity contribution in [2.24, 2.45) is 11.8 Å². The van der Waals surface area contributed by atoms with Crippen LogP contribution in [-0.2, 0) is 9.47 Å². The van der Waals surface area contributed by atoms with E-state index in [2.05, 4.69) is 27.7 Å². The van der Waals surface area contributed by atoms with Crippen LogP contribution in [0.1, 0.15) is 34.6 Å². The first-order valence-electron chi connectivity index (χ1n) is 4.67. The molecule has 12 heavy (non-hydrogen) atoms. The Balaban J connectivity index is 3.78. The minimum Gasteiger partial charge on any atom is -0.356 e. The third-order valence-corrected chi connectivity index (χ3v) is 2.53. The lowest BCUT2D eigenvalue weighted by molar-refractivity contribution is -0.154. The van der Waals surface area contributed by atoms with Gasteiger partial charge in [-0.05, 0) is 25.7 Å². The summed E-state index contributed by atoms with van der Waals surface area (Å²) < 4.78 is 10.6. The number of ether oxygens (including phenoxy) is 2. The molecule has 0 aromatic rings. The van der Waals surface area contributed by atoms with Crippen LogP contribution in [0.15, 0.2) is 0 Å². The van der Waals surface area contributed by atoms with E-state index in [1.165, 1.54) is 0 Å². The third-order valence-electron chi connectivity index (χ3n) is 2.53. The summed E-state index contributed by atoms with van der Waals surface area (Å²) >= 11 is 0. The van der Waals surface area contributed by atoms with Crippen LogP contribution in [0.2, 0.25) is 0 Å². The zero-order valence-electron chi connectivity index (χ0n) is 9.13. The number of hydrogen-bond acceptors (Lipinski definition) is 2. The first kappa shape index (κ1) is 11.9. The average molecular weight is 174 g/mol. The van der Waals surface area contributed by atoms with Gasteiger partial charge in [-0.15, -0.1) is 0 Å². The molecule has 0 aliphatic carbocycles. The summed E-state index contributed by atoms with van der Waals surface area (Å²) in [6.07, 6.45) is 0.168. The predicted molar refractivity (Wildman–Crippen MR) is 51.0 cm³/mol. The first-order chi connectivity index (χ1) is 5.49. The summed E-state index contributed by atoms with van der Waals surface area (Å²) in [5, 5.41) is 0. The van der Waals surface area contributed by atoms with Crippen molar-refractivity contribution in [3.63, 3.8) is 0 Å². The molecule has 3 atom stereocenters. The molecular weight excluding hydrogens is 152 g/mol. The maximum Gasteiger partial charge on any atom is 0.154 e. The second-order valence-corrected chi connectivity index (χ2v) is 3.75. The fourth-order valence-corrected chi connectivity index (χ4v) is 1.02. The molecule has 0 fully saturated rings. The van der Waals surface area contributed by atoms with Crippen molar-refractivity contribution in [3.05, 3.63) is 0 Å². The van der Waals surface area contributed by atoms with Crippen LogP contribution in [0.5, 0.6) is 0 Å². The molecule has 0 saturated carbocycles. The van der Waals surface area contributed by atoms with E-state index in [0.29, 0.717) is 11.8 Å². The highest BCUT2D eigenvalue weighted by Gasteiger charge is 2.18. The van der Waals surface area contributed by atoms with E-state index in [1.54, 1.807) is 7.11 Å². The lowest BCUT2D eigenvalue weighted by Crippen LogP contribution is -2.27. The molecule has 74 valence electrons. The summed E-state index contributed by atoms with van der Waals surface area (Å²) in [6.45, 7) is 10.6. The minimum absolute atomic E-state index is 0.0961. The second-order valence-electron chi connectivity index (χ2n) is 3.75. The Kier molecular flexibility index (Phi) is 5.51. The zero-order chi connectivity index (χ0) is 9.72. The third kappa shape index (κ3) is 4.07. The highest BCUT2D eigenvalue weighted by molar-refractivity contribution is 4.64.